The van der Waals surface area contributed by atoms with E-state index in [1.165, 1.54) is 29.9 Å². The number of carbonyl (C=O) groups excluding carboxylic acids is 1. The smallest absolute Gasteiger partial charge is 0.255 e. The molecule has 0 fully saturated rings. The highest BCUT2D eigenvalue weighted by atomic mass is 16.5. The molecule has 0 aromatic heterocycles. The van der Waals surface area contributed by atoms with E-state index in [9.17, 15) is 9.90 Å². The SMILES string of the molecule is COc1ccc(C(=O)NCCc2ccc3c(c2)CCOC3)c(O)c1. The van der Waals surface area contributed by atoms with Crippen molar-refractivity contribution < 1.29 is 19.4 Å². The van der Waals surface area contributed by atoms with Gasteiger partial charge in [0.05, 0.1) is 25.9 Å². The maximum Gasteiger partial charge on any atom is 0.255 e. The Bertz CT molecular complexity index is 742. The molecule has 1 amide bonds. The summed E-state index contributed by atoms with van der Waals surface area (Å²) in [5.41, 5.74) is 4.02. The van der Waals surface area contributed by atoms with Crippen LogP contribution in [0, 0.1) is 0 Å². The van der Waals surface area contributed by atoms with Crippen LogP contribution in [-0.4, -0.2) is 31.3 Å². The summed E-state index contributed by atoms with van der Waals surface area (Å²) >= 11 is 0. The van der Waals surface area contributed by atoms with Gasteiger partial charge in [0.25, 0.3) is 5.91 Å². The molecule has 3 rings (SSSR count). The summed E-state index contributed by atoms with van der Waals surface area (Å²) < 4.78 is 10.4. The van der Waals surface area contributed by atoms with E-state index in [0.717, 1.165) is 19.4 Å². The minimum Gasteiger partial charge on any atom is -0.507 e. The van der Waals surface area contributed by atoms with Crippen molar-refractivity contribution in [1.82, 2.24) is 5.32 Å². The van der Waals surface area contributed by atoms with Crippen LogP contribution in [0.5, 0.6) is 11.5 Å². The van der Waals surface area contributed by atoms with Crippen LogP contribution >= 0.6 is 0 Å². The molecule has 1 heterocycles. The second-order valence-electron chi connectivity index (χ2n) is 5.79. The van der Waals surface area contributed by atoms with Crippen molar-refractivity contribution in [3.05, 3.63) is 58.7 Å². The number of hydrogen-bond acceptors (Lipinski definition) is 4. The molecular weight excluding hydrogens is 306 g/mol. The standard InChI is InChI=1S/C19H21NO4/c1-23-16-4-5-17(18(21)11-16)19(22)20-8-6-13-2-3-15-12-24-9-7-14(15)10-13/h2-5,10-11,21H,6-9,12H2,1H3,(H,20,22). The first kappa shape index (κ1) is 16.3. The number of fused-ring (bicyclic) bond motifs is 1. The summed E-state index contributed by atoms with van der Waals surface area (Å²) in [5, 5.41) is 12.7. The van der Waals surface area contributed by atoms with Gasteiger partial charge in [0.1, 0.15) is 11.5 Å². The lowest BCUT2D eigenvalue weighted by Crippen LogP contribution is -2.25. The third-order valence-electron chi connectivity index (χ3n) is 4.19. The van der Waals surface area contributed by atoms with E-state index >= 15 is 0 Å². The van der Waals surface area contributed by atoms with E-state index in [0.29, 0.717) is 18.9 Å². The molecule has 0 spiro atoms. The fourth-order valence-corrected chi connectivity index (χ4v) is 2.82. The Morgan fingerprint density at radius 3 is 2.92 bits per heavy atom. The number of phenols is 1. The Labute approximate surface area is 141 Å². The second-order valence-corrected chi connectivity index (χ2v) is 5.79. The molecule has 0 aliphatic carbocycles. The third-order valence-corrected chi connectivity index (χ3v) is 4.19. The maximum absolute atomic E-state index is 12.2. The molecule has 1 aliphatic rings. The third kappa shape index (κ3) is 3.68. The highest BCUT2D eigenvalue weighted by Gasteiger charge is 2.12. The largest absolute Gasteiger partial charge is 0.507 e. The first-order valence-electron chi connectivity index (χ1n) is 8.01. The molecular formula is C19H21NO4. The lowest BCUT2D eigenvalue weighted by molar-refractivity contribution is 0.0951. The Morgan fingerprint density at radius 1 is 1.25 bits per heavy atom. The number of aromatic hydroxyl groups is 1. The molecule has 0 radical (unpaired) electrons. The van der Waals surface area contributed by atoms with E-state index in [4.69, 9.17) is 9.47 Å². The number of rotatable bonds is 5. The van der Waals surface area contributed by atoms with Crippen LogP contribution in [0.15, 0.2) is 36.4 Å². The zero-order valence-electron chi connectivity index (χ0n) is 13.7. The normalized spacial score (nSPS) is 13.2. The molecule has 5 heteroatoms. The molecule has 0 bridgehead atoms. The van der Waals surface area contributed by atoms with Crippen molar-refractivity contribution in [3.8, 4) is 11.5 Å². The summed E-state index contributed by atoms with van der Waals surface area (Å²) in [7, 11) is 1.51. The zero-order chi connectivity index (χ0) is 16.9. The number of carbonyl (C=O) groups is 1. The van der Waals surface area contributed by atoms with Crippen molar-refractivity contribution in [2.75, 3.05) is 20.3 Å². The number of ether oxygens (including phenoxy) is 2. The molecule has 0 saturated carbocycles. The van der Waals surface area contributed by atoms with Gasteiger partial charge in [-0.05, 0) is 41.7 Å². The van der Waals surface area contributed by atoms with Crippen molar-refractivity contribution in [2.24, 2.45) is 0 Å². The number of amides is 1. The van der Waals surface area contributed by atoms with Gasteiger partial charge in [0.15, 0.2) is 0 Å². The Morgan fingerprint density at radius 2 is 2.12 bits per heavy atom. The highest BCUT2D eigenvalue weighted by molar-refractivity contribution is 5.97. The van der Waals surface area contributed by atoms with E-state index < -0.39 is 0 Å². The van der Waals surface area contributed by atoms with Crippen molar-refractivity contribution in [2.45, 2.75) is 19.4 Å². The van der Waals surface area contributed by atoms with Gasteiger partial charge in [-0.3, -0.25) is 4.79 Å². The summed E-state index contributed by atoms with van der Waals surface area (Å²) in [5.74, 6) is 0.143. The quantitative estimate of drug-likeness (QED) is 0.885. The highest BCUT2D eigenvalue weighted by Crippen LogP contribution is 2.23. The number of nitrogens with one attached hydrogen (secondary N) is 1. The predicted molar refractivity (Wildman–Crippen MR) is 90.5 cm³/mol. The van der Waals surface area contributed by atoms with E-state index in [-0.39, 0.29) is 17.2 Å². The van der Waals surface area contributed by atoms with Crippen LogP contribution in [0.25, 0.3) is 0 Å². The summed E-state index contributed by atoms with van der Waals surface area (Å²) in [6.07, 6.45) is 1.69. The van der Waals surface area contributed by atoms with Crippen molar-refractivity contribution >= 4 is 5.91 Å². The number of phenolic OH excluding ortho intramolecular Hbond substituents is 1. The molecule has 126 valence electrons. The fraction of sp³-hybridized carbons (Fsp3) is 0.316. The Kier molecular flexibility index (Phi) is 5.01. The van der Waals surface area contributed by atoms with E-state index in [1.807, 2.05) is 0 Å². The first-order valence-corrected chi connectivity index (χ1v) is 8.01. The van der Waals surface area contributed by atoms with Crippen molar-refractivity contribution in [3.63, 3.8) is 0 Å². The summed E-state index contributed by atoms with van der Waals surface area (Å²) in [4.78, 5) is 12.2. The van der Waals surface area contributed by atoms with Gasteiger partial charge in [-0.15, -0.1) is 0 Å². The van der Waals surface area contributed by atoms with Crippen molar-refractivity contribution in [1.29, 1.82) is 0 Å². The van der Waals surface area contributed by atoms with Crippen LogP contribution in [-0.2, 0) is 24.2 Å². The Hall–Kier alpha value is -2.53. The van der Waals surface area contributed by atoms with Gasteiger partial charge in [-0.25, -0.2) is 0 Å². The lowest BCUT2D eigenvalue weighted by atomic mass is 9.99. The molecule has 2 N–H and O–H groups in total. The molecule has 2 aromatic carbocycles. The molecule has 0 unspecified atom stereocenters. The average molecular weight is 327 g/mol. The van der Waals surface area contributed by atoms with Gasteiger partial charge >= 0.3 is 0 Å². The van der Waals surface area contributed by atoms with Crippen LogP contribution in [0.2, 0.25) is 0 Å². The fourth-order valence-electron chi connectivity index (χ4n) is 2.82. The van der Waals surface area contributed by atoms with E-state index in [1.54, 1.807) is 12.1 Å². The average Bonchev–Trinajstić information content (AvgIpc) is 2.61. The van der Waals surface area contributed by atoms with Gasteiger partial charge in [0, 0.05) is 12.6 Å². The van der Waals surface area contributed by atoms with E-state index in [2.05, 4.69) is 23.5 Å². The number of methoxy groups -OCH3 is 1. The molecule has 5 nitrogen and oxygen atoms in total. The van der Waals surface area contributed by atoms with Gasteiger partial charge < -0.3 is 19.9 Å². The first-order chi connectivity index (χ1) is 11.7. The minimum atomic E-state index is -0.290. The zero-order valence-corrected chi connectivity index (χ0v) is 13.7. The van der Waals surface area contributed by atoms with Crippen LogP contribution in [0.3, 0.4) is 0 Å². The van der Waals surface area contributed by atoms with Crippen LogP contribution in [0.4, 0.5) is 0 Å². The number of benzene rings is 2. The van der Waals surface area contributed by atoms with Crippen LogP contribution in [0.1, 0.15) is 27.0 Å². The molecule has 1 aliphatic heterocycles. The van der Waals surface area contributed by atoms with Crippen LogP contribution < -0.4 is 10.1 Å². The summed E-state index contributed by atoms with van der Waals surface area (Å²) in [6, 6.07) is 11.0. The maximum atomic E-state index is 12.2. The molecule has 0 atom stereocenters. The Balaban J connectivity index is 1.57. The van der Waals surface area contributed by atoms with Gasteiger partial charge in [-0.1, -0.05) is 18.2 Å². The minimum absolute atomic E-state index is 0.0827. The second kappa shape index (κ2) is 7.36. The molecule has 24 heavy (non-hydrogen) atoms. The molecule has 0 saturated heterocycles. The predicted octanol–water partition coefficient (Wildman–Crippen LogP) is 2.45. The van der Waals surface area contributed by atoms with Gasteiger partial charge in [-0.2, -0.15) is 0 Å². The topological polar surface area (TPSA) is 67.8 Å². The van der Waals surface area contributed by atoms with Gasteiger partial charge in [0.2, 0.25) is 0 Å². The molecule has 2 aromatic rings. The summed E-state index contributed by atoms with van der Waals surface area (Å²) in [6.45, 7) is 1.96. The monoisotopic (exact) mass is 327 g/mol. The number of hydrogen-bond donors (Lipinski definition) is 2. The lowest BCUT2D eigenvalue weighted by Gasteiger charge is -2.17.